The summed E-state index contributed by atoms with van der Waals surface area (Å²) in [5, 5.41) is 0. The fraction of sp³-hybridized carbons (Fsp3) is 0.533. The molecular weight excluding hydrogens is 242 g/mol. The maximum atomic E-state index is 5.81. The quantitative estimate of drug-likeness (QED) is 0.826. The van der Waals surface area contributed by atoms with Crippen molar-refractivity contribution < 1.29 is 4.74 Å². The number of hydrogen-bond donors (Lipinski definition) is 1. The summed E-state index contributed by atoms with van der Waals surface area (Å²) in [6, 6.07) is 6.40. The van der Waals surface area contributed by atoms with Crippen molar-refractivity contribution in [1.29, 1.82) is 0 Å². The minimum absolute atomic E-state index is 0.0732. The summed E-state index contributed by atoms with van der Waals surface area (Å²) >= 11 is 4.85. The Bertz CT molecular complexity index is 421. The summed E-state index contributed by atoms with van der Waals surface area (Å²) in [5.74, 6) is 0.941. The first-order valence-electron chi connectivity index (χ1n) is 6.39. The second-order valence-electron chi connectivity index (χ2n) is 5.50. The third-order valence-electron chi connectivity index (χ3n) is 2.87. The predicted octanol–water partition coefficient (Wildman–Crippen LogP) is 3.60. The van der Waals surface area contributed by atoms with Gasteiger partial charge in [0, 0.05) is 6.42 Å². The van der Waals surface area contributed by atoms with Gasteiger partial charge in [0.1, 0.15) is 5.75 Å². The van der Waals surface area contributed by atoms with Crippen LogP contribution in [0.4, 0.5) is 0 Å². The molecule has 0 atom stereocenters. The molecule has 1 aromatic rings. The molecule has 2 N–H and O–H groups in total. The maximum Gasteiger partial charge on any atom is 0.123 e. The summed E-state index contributed by atoms with van der Waals surface area (Å²) in [5.41, 5.74) is 8.13. The smallest absolute Gasteiger partial charge is 0.123 e. The second kappa shape index (κ2) is 6.19. The largest absolute Gasteiger partial charge is 0.493 e. The van der Waals surface area contributed by atoms with Gasteiger partial charge in [-0.15, -0.1) is 0 Å². The van der Waals surface area contributed by atoms with Crippen LogP contribution in [0.2, 0.25) is 0 Å². The Hall–Kier alpha value is -1.09. The third-order valence-corrected chi connectivity index (χ3v) is 3.07. The zero-order valence-corrected chi connectivity index (χ0v) is 12.6. The predicted molar refractivity (Wildman–Crippen MR) is 81.4 cm³/mol. The molecule has 1 aromatic carbocycles. The van der Waals surface area contributed by atoms with Gasteiger partial charge in [0.25, 0.3) is 0 Å². The molecule has 18 heavy (non-hydrogen) atoms. The summed E-state index contributed by atoms with van der Waals surface area (Å²) in [4.78, 5) is 0.498. The van der Waals surface area contributed by atoms with Gasteiger partial charge < -0.3 is 10.5 Å². The van der Waals surface area contributed by atoms with Gasteiger partial charge in [-0.2, -0.15) is 0 Å². The van der Waals surface area contributed by atoms with Crippen LogP contribution in [0.1, 0.15) is 45.2 Å². The summed E-state index contributed by atoms with van der Waals surface area (Å²) < 4.78 is 5.81. The highest BCUT2D eigenvalue weighted by Crippen LogP contribution is 2.32. The van der Waals surface area contributed by atoms with E-state index in [-0.39, 0.29) is 5.41 Å². The Morgan fingerprint density at radius 1 is 1.33 bits per heavy atom. The van der Waals surface area contributed by atoms with Crippen LogP contribution in [0.15, 0.2) is 18.2 Å². The molecule has 0 spiro atoms. The number of thiocarbonyl (C=S) groups is 1. The van der Waals surface area contributed by atoms with Crippen LogP contribution in [-0.2, 0) is 11.8 Å². The van der Waals surface area contributed by atoms with Crippen LogP contribution in [0.25, 0.3) is 0 Å². The van der Waals surface area contributed by atoms with Gasteiger partial charge in [0.15, 0.2) is 0 Å². The van der Waals surface area contributed by atoms with Crippen molar-refractivity contribution in [3.63, 3.8) is 0 Å². The van der Waals surface area contributed by atoms with Crippen LogP contribution in [0, 0.1) is 0 Å². The van der Waals surface area contributed by atoms with Crippen LogP contribution < -0.4 is 10.5 Å². The minimum atomic E-state index is 0.0732. The second-order valence-corrected chi connectivity index (χ2v) is 6.02. The average molecular weight is 265 g/mol. The van der Waals surface area contributed by atoms with Crippen LogP contribution in [-0.4, -0.2) is 11.6 Å². The van der Waals surface area contributed by atoms with E-state index in [2.05, 4.69) is 45.9 Å². The number of benzene rings is 1. The molecule has 0 aliphatic carbocycles. The van der Waals surface area contributed by atoms with Crippen molar-refractivity contribution in [2.75, 3.05) is 6.61 Å². The lowest BCUT2D eigenvalue weighted by molar-refractivity contribution is 0.320. The Kier molecular flexibility index (Phi) is 5.15. The van der Waals surface area contributed by atoms with Crippen LogP contribution in [0.3, 0.4) is 0 Å². The van der Waals surface area contributed by atoms with Crippen molar-refractivity contribution in [2.45, 2.75) is 46.0 Å². The van der Waals surface area contributed by atoms with Gasteiger partial charge >= 0.3 is 0 Å². The van der Waals surface area contributed by atoms with E-state index in [9.17, 15) is 0 Å². The number of ether oxygens (including phenoxy) is 1. The van der Waals surface area contributed by atoms with E-state index < -0.39 is 0 Å². The van der Waals surface area contributed by atoms with Crippen molar-refractivity contribution in [3.8, 4) is 5.75 Å². The van der Waals surface area contributed by atoms with Crippen molar-refractivity contribution >= 4 is 17.2 Å². The van der Waals surface area contributed by atoms with Gasteiger partial charge in [0.2, 0.25) is 0 Å². The lowest BCUT2D eigenvalue weighted by Crippen LogP contribution is -2.16. The number of aryl methyl sites for hydroxylation is 1. The Labute approximate surface area is 116 Å². The highest BCUT2D eigenvalue weighted by Gasteiger charge is 2.19. The van der Waals surface area contributed by atoms with Crippen molar-refractivity contribution in [1.82, 2.24) is 0 Å². The highest BCUT2D eigenvalue weighted by molar-refractivity contribution is 7.80. The summed E-state index contributed by atoms with van der Waals surface area (Å²) in [6.07, 6.45) is 1.66. The van der Waals surface area contributed by atoms with Gasteiger partial charge in [-0.3, -0.25) is 0 Å². The molecule has 0 aromatic heterocycles. The molecule has 0 fully saturated rings. The molecule has 0 amide bonds. The molecular formula is C15H23NOS. The van der Waals surface area contributed by atoms with Crippen LogP contribution >= 0.6 is 12.2 Å². The molecule has 1 rings (SSSR count). The first-order valence-corrected chi connectivity index (χ1v) is 6.80. The first kappa shape index (κ1) is 15.0. The van der Waals surface area contributed by atoms with Gasteiger partial charge in [0.05, 0.1) is 11.6 Å². The standard InChI is InChI=1S/C15H23NOS/c1-5-11-6-7-13(17-9-8-14(16)18)12(10-11)15(2,3)4/h6-7,10H,5,8-9H2,1-4H3,(H2,16,18). The van der Waals surface area contributed by atoms with E-state index in [0.717, 1.165) is 12.2 Å². The average Bonchev–Trinajstić information content (AvgIpc) is 2.27. The monoisotopic (exact) mass is 265 g/mol. The van der Waals surface area contributed by atoms with Gasteiger partial charge in [-0.1, -0.05) is 52.0 Å². The van der Waals surface area contributed by atoms with Crippen LogP contribution in [0.5, 0.6) is 5.75 Å². The number of nitrogens with two attached hydrogens (primary N) is 1. The molecule has 0 radical (unpaired) electrons. The lowest BCUT2D eigenvalue weighted by Gasteiger charge is -2.23. The van der Waals surface area contributed by atoms with E-state index in [0.29, 0.717) is 18.0 Å². The molecule has 0 aliphatic heterocycles. The normalized spacial score (nSPS) is 11.3. The third kappa shape index (κ3) is 4.30. The van der Waals surface area contributed by atoms with E-state index in [1.165, 1.54) is 11.1 Å². The highest BCUT2D eigenvalue weighted by atomic mass is 32.1. The molecule has 2 nitrogen and oxygen atoms in total. The molecule has 100 valence electrons. The van der Waals surface area contributed by atoms with E-state index in [1.54, 1.807) is 0 Å². The summed E-state index contributed by atoms with van der Waals surface area (Å²) in [6.45, 7) is 9.30. The maximum absolute atomic E-state index is 5.81. The Morgan fingerprint density at radius 2 is 2.00 bits per heavy atom. The van der Waals surface area contributed by atoms with Gasteiger partial charge in [-0.05, 0) is 29.0 Å². The molecule has 0 bridgehead atoms. The number of hydrogen-bond acceptors (Lipinski definition) is 2. The first-order chi connectivity index (χ1) is 8.34. The SMILES string of the molecule is CCc1ccc(OCCC(N)=S)c(C(C)(C)C)c1. The molecule has 0 aliphatic rings. The van der Waals surface area contributed by atoms with E-state index >= 15 is 0 Å². The zero-order chi connectivity index (χ0) is 13.8. The van der Waals surface area contributed by atoms with Gasteiger partial charge in [-0.25, -0.2) is 0 Å². The minimum Gasteiger partial charge on any atom is -0.493 e. The molecule has 0 unspecified atom stereocenters. The fourth-order valence-electron chi connectivity index (χ4n) is 1.77. The molecule has 0 saturated heterocycles. The Balaban J connectivity index is 2.92. The topological polar surface area (TPSA) is 35.2 Å². The molecule has 0 saturated carbocycles. The lowest BCUT2D eigenvalue weighted by atomic mass is 9.85. The summed E-state index contributed by atoms with van der Waals surface area (Å²) in [7, 11) is 0. The van der Waals surface area contributed by atoms with Crippen molar-refractivity contribution in [3.05, 3.63) is 29.3 Å². The number of rotatable bonds is 5. The fourth-order valence-corrected chi connectivity index (χ4v) is 1.85. The Morgan fingerprint density at radius 3 is 2.50 bits per heavy atom. The molecule has 3 heteroatoms. The molecule has 0 heterocycles. The van der Waals surface area contributed by atoms with E-state index in [4.69, 9.17) is 22.7 Å². The van der Waals surface area contributed by atoms with Crippen molar-refractivity contribution in [2.24, 2.45) is 5.73 Å². The van der Waals surface area contributed by atoms with E-state index in [1.807, 2.05) is 0 Å². The zero-order valence-electron chi connectivity index (χ0n) is 11.7.